The van der Waals surface area contributed by atoms with Crippen LogP contribution in [-0.4, -0.2) is 29.3 Å². The third kappa shape index (κ3) is 2.41. The van der Waals surface area contributed by atoms with Gasteiger partial charge in [0.15, 0.2) is 5.76 Å². The van der Waals surface area contributed by atoms with Gasteiger partial charge in [0, 0.05) is 12.1 Å². The third-order valence-electron chi connectivity index (χ3n) is 3.27. The third-order valence-corrected chi connectivity index (χ3v) is 3.27. The van der Waals surface area contributed by atoms with Crippen LogP contribution in [0.5, 0.6) is 0 Å². The Balaban J connectivity index is 1.69. The Bertz CT molecular complexity index is 511. The summed E-state index contributed by atoms with van der Waals surface area (Å²) in [5, 5.41) is 14.1. The van der Waals surface area contributed by atoms with E-state index >= 15 is 0 Å². The van der Waals surface area contributed by atoms with E-state index in [0.717, 1.165) is 49.0 Å². The topological polar surface area (TPSA) is 65.9 Å². The predicted octanol–water partition coefficient (Wildman–Crippen LogP) is 2.14. The van der Waals surface area contributed by atoms with Crippen molar-refractivity contribution < 1.29 is 4.42 Å². The number of aromatic amines is 1. The second-order valence-electron chi connectivity index (χ2n) is 4.75. The summed E-state index contributed by atoms with van der Waals surface area (Å²) in [4.78, 5) is 0. The fourth-order valence-corrected chi connectivity index (χ4v) is 2.28. The van der Waals surface area contributed by atoms with Crippen molar-refractivity contribution in [3.05, 3.63) is 24.0 Å². The Morgan fingerprint density at radius 1 is 1.33 bits per heavy atom. The van der Waals surface area contributed by atoms with Crippen molar-refractivity contribution in [1.29, 1.82) is 0 Å². The van der Waals surface area contributed by atoms with Crippen LogP contribution < -0.4 is 10.6 Å². The van der Waals surface area contributed by atoms with Gasteiger partial charge >= 0.3 is 0 Å². The van der Waals surface area contributed by atoms with Gasteiger partial charge in [0.05, 0.1) is 0 Å². The molecule has 0 aliphatic carbocycles. The van der Waals surface area contributed by atoms with Crippen LogP contribution in [0.4, 0.5) is 5.82 Å². The minimum Gasteiger partial charge on any atom is -0.460 e. The van der Waals surface area contributed by atoms with Gasteiger partial charge in [-0.3, -0.25) is 5.10 Å². The van der Waals surface area contributed by atoms with Crippen molar-refractivity contribution >= 4 is 5.82 Å². The molecule has 0 amide bonds. The molecule has 3 heterocycles. The number of aryl methyl sites for hydroxylation is 1. The SMILES string of the molecule is Cc1ccc(-c2cc(NC3CCNCC3)n[nH]2)o1. The van der Waals surface area contributed by atoms with E-state index in [0.29, 0.717) is 6.04 Å². The number of aromatic nitrogens is 2. The Morgan fingerprint density at radius 2 is 2.17 bits per heavy atom. The minimum absolute atomic E-state index is 0.515. The van der Waals surface area contributed by atoms with E-state index < -0.39 is 0 Å². The van der Waals surface area contributed by atoms with Gasteiger partial charge in [-0.15, -0.1) is 0 Å². The van der Waals surface area contributed by atoms with E-state index in [2.05, 4.69) is 20.8 Å². The molecular weight excluding hydrogens is 228 g/mol. The lowest BCUT2D eigenvalue weighted by Gasteiger charge is -2.23. The van der Waals surface area contributed by atoms with Crippen molar-refractivity contribution in [1.82, 2.24) is 15.5 Å². The normalized spacial score (nSPS) is 16.9. The van der Waals surface area contributed by atoms with E-state index in [4.69, 9.17) is 4.42 Å². The number of hydrogen-bond donors (Lipinski definition) is 3. The summed E-state index contributed by atoms with van der Waals surface area (Å²) in [6.45, 7) is 4.09. The van der Waals surface area contributed by atoms with Crippen molar-refractivity contribution in [2.24, 2.45) is 0 Å². The van der Waals surface area contributed by atoms with Crippen LogP contribution >= 0.6 is 0 Å². The van der Waals surface area contributed by atoms with E-state index in [-0.39, 0.29) is 0 Å². The molecule has 0 spiro atoms. The van der Waals surface area contributed by atoms with Crippen LogP contribution in [-0.2, 0) is 0 Å². The predicted molar refractivity (Wildman–Crippen MR) is 70.5 cm³/mol. The Kier molecular flexibility index (Phi) is 3.06. The fraction of sp³-hybridized carbons (Fsp3) is 0.462. The van der Waals surface area contributed by atoms with Crippen molar-refractivity contribution in [3.63, 3.8) is 0 Å². The first kappa shape index (κ1) is 11.3. The summed E-state index contributed by atoms with van der Waals surface area (Å²) in [7, 11) is 0. The van der Waals surface area contributed by atoms with Crippen LogP contribution in [0.3, 0.4) is 0 Å². The van der Waals surface area contributed by atoms with E-state index in [1.807, 2.05) is 25.1 Å². The molecule has 5 nitrogen and oxygen atoms in total. The summed E-state index contributed by atoms with van der Waals surface area (Å²) >= 11 is 0. The molecule has 18 heavy (non-hydrogen) atoms. The van der Waals surface area contributed by atoms with Gasteiger partial charge in [-0.2, -0.15) is 5.10 Å². The highest BCUT2D eigenvalue weighted by Crippen LogP contribution is 2.22. The number of anilines is 1. The molecule has 3 rings (SSSR count). The summed E-state index contributed by atoms with van der Waals surface area (Å²) in [5.41, 5.74) is 0.916. The lowest BCUT2D eigenvalue weighted by molar-refractivity contribution is 0.478. The first-order valence-electron chi connectivity index (χ1n) is 6.41. The molecule has 0 unspecified atom stereocenters. The van der Waals surface area contributed by atoms with Gasteiger partial charge in [-0.05, 0) is 45.0 Å². The number of nitrogens with one attached hydrogen (secondary N) is 3. The zero-order chi connectivity index (χ0) is 12.4. The molecule has 2 aromatic heterocycles. The van der Waals surface area contributed by atoms with Gasteiger partial charge in [-0.25, -0.2) is 0 Å². The smallest absolute Gasteiger partial charge is 0.152 e. The highest BCUT2D eigenvalue weighted by molar-refractivity contribution is 5.57. The summed E-state index contributed by atoms with van der Waals surface area (Å²) < 4.78 is 5.56. The number of piperidine rings is 1. The molecule has 3 N–H and O–H groups in total. The van der Waals surface area contributed by atoms with Gasteiger partial charge < -0.3 is 15.1 Å². The molecule has 0 atom stereocenters. The largest absolute Gasteiger partial charge is 0.460 e. The van der Waals surface area contributed by atoms with E-state index in [9.17, 15) is 0 Å². The average Bonchev–Trinajstić information content (AvgIpc) is 2.99. The van der Waals surface area contributed by atoms with Gasteiger partial charge in [0.2, 0.25) is 0 Å². The molecule has 2 aromatic rings. The molecule has 0 saturated carbocycles. The highest BCUT2D eigenvalue weighted by Gasteiger charge is 2.14. The Labute approximate surface area is 106 Å². The summed E-state index contributed by atoms with van der Waals surface area (Å²) in [6.07, 6.45) is 2.28. The van der Waals surface area contributed by atoms with Crippen molar-refractivity contribution in [2.45, 2.75) is 25.8 Å². The molecule has 1 fully saturated rings. The van der Waals surface area contributed by atoms with Crippen molar-refractivity contribution in [3.8, 4) is 11.5 Å². The first-order valence-corrected chi connectivity index (χ1v) is 6.41. The van der Waals surface area contributed by atoms with Gasteiger partial charge in [0.1, 0.15) is 17.3 Å². The minimum atomic E-state index is 0.515. The second-order valence-corrected chi connectivity index (χ2v) is 4.75. The molecule has 0 aromatic carbocycles. The van der Waals surface area contributed by atoms with Crippen LogP contribution in [0.2, 0.25) is 0 Å². The number of rotatable bonds is 3. The Morgan fingerprint density at radius 3 is 2.89 bits per heavy atom. The number of nitrogens with zero attached hydrogens (tertiary/aromatic N) is 1. The number of H-pyrrole nitrogens is 1. The van der Waals surface area contributed by atoms with Crippen LogP contribution in [0, 0.1) is 6.92 Å². The Hall–Kier alpha value is -1.75. The molecular formula is C13H18N4O. The highest BCUT2D eigenvalue weighted by atomic mass is 16.3. The quantitative estimate of drug-likeness (QED) is 0.776. The van der Waals surface area contributed by atoms with Crippen molar-refractivity contribution in [2.75, 3.05) is 18.4 Å². The van der Waals surface area contributed by atoms with E-state index in [1.54, 1.807) is 0 Å². The maximum Gasteiger partial charge on any atom is 0.152 e. The second kappa shape index (κ2) is 4.86. The van der Waals surface area contributed by atoms with Crippen LogP contribution in [0.1, 0.15) is 18.6 Å². The maximum absolute atomic E-state index is 5.56. The molecule has 0 bridgehead atoms. The fourth-order valence-electron chi connectivity index (χ4n) is 2.28. The van der Waals surface area contributed by atoms with Gasteiger partial charge in [0.25, 0.3) is 0 Å². The molecule has 1 aliphatic heterocycles. The van der Waals surface area contributed by atoms with Crippen LogP contribution in [0.25, 0.3) is 11.5 Å². The van der Waals surface area contributed by atoms with Gasteiger partial charge in [-0.1, -0.05) is 0 Å². The molecule has 96 valence electrons. The number of hydrogen-bond acceptors (Lipinski definition) is 4. The maximum atomic E-state index is 5.56. The molecule has 1 aliphatic rings. The van der Waals surface area contributed by atoms with E-state index in [1.165, 1.54) is 0 Å². The zero-order valence-electron chi connectivity index (χ0n) is 10.5. The average molecular weight is 246 g/mol. The monoisotopic (exact) mass is 246 g/mol. The first-order chi connectivity index (χ1) is 8.81. The zero-order valence-corrected chi connectivity index (χ0v) is 10.5. The van der Waals surface area contributed by atoms with Crippen LogP contribution in [0.15, 0.2) is 22.6 Å². The molecule has 1 saturated heterocycles. The molecule has 5 heteroatoms. The standard InChI is InChI=1S/C13H18N4O/c1-9-2-3-12(18-9)11-8-13(17-16-11)15-10-4-6-14-7-5-10/h2-3,8,10,14H,4-7H2,1H3,(H2,15,16,17). The lowest BCUT2D eigenvalue weighted by atomic mass is 10.1. The summed E-state index contributed by atoms with van der Waals surface area (Å²) in [5.74, 6) is 2.64. The lowest BCUT2D eigenvalue weighted by Crippen LogP contribution is -2.35. The molecule has 0 radical (unpaired) electrons. The summed E-state index contributed by atoms with van der Waals surface area (Å²) in [6, 6.07) is 6.42. The number of furan rings is 1.